The Kier molecular flexibility index (Phi) is 3.87. The quantitative estimate of drug-likeness (QED) is 0.743. The van der Waals surface area contributed by atoms with E-state index in [1.54, 1.807) is 12.5 Å². The Hall–Kier alpha value is -1.96. The van der Waals surface area contributed by atoms with Gasteiger partial charge in [0, 0.05) is 6.20 Å². The van der Waals surface area contributed by atoms with E-state index in [0.29, 0.717) is 0 Å². The topological polar surface area (TPSA) is 25.8 Å². The molecule has 0 N–H and O–H groups in total. The maximum atomic E-state index is 4.30. The van der Waals surface area contributed by atoms with Gasteiger partial charge in [0.15, 0.2) is 0 Å². The number of fused-ring (bicyclic) bond motifs is 1. The van der Waals surface area contributed by atoms with Crippen LogP contribution in [0.4, 0.5) is 0 Å². The van der Waals surface area contributed by atoms with Crippen LogP contribution >= 0.6 is 0 Å². The van der Waals surface area contributed by atoms with Crippen LogP contribution in [0.2, 0.25) is 0 Å². The predicted octanol–water partition coefficient (Wildman–Crippen LogP) is 5.39. The highest BCUT2D eigenvalue weighted by Crippen LogP contribution is 2.46. The van der Waals surface area contributed by atoms with Crippen molar-refractivity contribution in [3.63, 3.8) is 0 Å². The first-order chi connectivity index (χ1) is 10.8. The van der Waals surface area contributed by atoms with Gasteiger partial charge in [-0.05, 0) is 65.0 Å². The molecule has 1 aromatic heterocycles. The van der Waals surface area contributed by atoms with Crippen molar-refractivity contribution >= 4 is 11.6 Å². The molecule has 120 valence electrons. The lowest BCUT2D eigenvalue weighted by molar-refractivity contribution is 0.332. The van der Waals surface area contributed by atoms with Crippen LogP contribution in [0, 0.1) is 0 Å². The number of hydrogen-bond acceptors (Lipinski definition) is 2. The van der Waals surface area contributed by atoms with Crippen molar-refractivity contribution in [2.45, 2.75) is 58.3 Å². The largest absolute Gasteiger partial charge is 0.245 e. The minimum Gasteiger partial charge on any atom is -0.245 e. The molecular formula is C21H26N2. The van der Waals surface area contributed by atoms with Crippen LogP contribution < -0.4 is 0 Å². The fraction of sp³-hybridized carbons (Fsp3) is 0.429. The first kappa shape index (κ1) is 15.9. The number of benzene rings is 1. The smallest absolute Gasteiger partial charge is 0.115 e. The standard InChI is InChI=1S/C21H26N2/c1-15(12-17-8-11-22-14-23-17)16-6-7-18-19(13-16)21(4,5)10-9-20(18,2)3/h6-8,11-14H,9-10H2,1-5H3. The Morgan fingerprint density at radius 2 is 1.70 bits per heavy atom. The van der Waals surface area contributed by atoms with Crippen molar-refractivity contribution < 1.29 is 0 Å². The summed E-state index contributed by atoms with van der Waals surface area (Å²) in [7, 11) is 0. The number of aromatic nitrogens is 2. The van der Waals surface area contributed by atoms with Crippen molar-refractivity contribution in [1.29, 1.82) is 0 Å². The van der Waals surface area contributed by atoms with Crippen molar-refractivity contribution in [3.05, 3.63) is 59.2 Å². The lowest BCUT2D eigenvalue weighted by Crippen LogP contribution is -2.33. The first-order valence-electron chi connectivity index (χ1n) is 8.39. The van der Waals surface area contributed by atoms with Crippen LogP contribution in [0.25, 0.3) is 11.6 Å². The van der Waals surface area contributed by atoms with Gasteiger partial charge in [0.1, 0.15) is 6.33 Å². The normalized spacial score (nSPS) is 19.3. The number of nitrogens with zero attached hydrogens (tertiary/aromatic N) is 2. The molecule has 1 aliphatic carbocycles. The molecule has 2 aromatic rings. The van der Waals surface area contributed by atoms with Gasteiger partial charge in [0.2, 0.25) is 0 Å². The van der Waals surface area contributed by atoms with Gasteiger partial charge in [-0.3, -0.25) is 0 Å². The molecule has 2 nitrogen and oxygen atoms in total. The van der Waals surface area contributed by atoms with Gasteiger partial charge in [0.25, 0.3) is 0 Å². The zero-order valence-electron chi connectivity index (χ0n) is 14.9. The Morgan fingerprint density at radius 3 is 2.35 bits per heavy atom. The zero-order chi connectivity index (χ0) is 16.7. The molecule has 0 saturated carbocycles. The van der Waals surface area contributed by atoms with Crippen LogP contribution in [0.1, 0.15) is 69.8 Å². The van der Waals surface area contributed by atoms with Crippen LogP contribution in [0.5, 0.6) is 0 Å². The zero-order valence-corrected chi connectivity index (χ0v) is 14.9. The van der Waals surface area contributed by atoms with Crippen molar-refractivity contribution in [3.8, 4) is 0 Å². The molecule has 0 radical (unpaired) electrons. The molecule has 2 heteroatoms. The van der Waals surface area contributed by atoms with E-state index < -0.39 is 0 Å². The fourth-order valence-corrected chi connectivity index (χ4v) is 3.53. The minimum absolute atomic E-state index is 0.246. The minimum atomic E-state index is 0.246. The first-order valence-corrected chi connectivity index (χ1v) is 8.39. The molecule has 1 aliphatic rings. The van der Waals surface area contributed by atoms with E-state index in [0.717, 1.165) is 5.69 Å². The number of rotatable bonds is 2. The molecule has 0 amide bonds. The van der Waals surface area contributed by atoms with E-state index >= 15 is 0 Å². The SMILES string of the molecule is CC(=Cc1ccncn1)c1ccc2c(c1)C(C)(C)CCC2(C)C. The number of allylic oxidation sites excluding steroid dienone is 1. The van der Waals surface area contributed by atoms with Crippen molar-refractivity contribution in [2.24, 2.45) is 0 Å². The van der Waals surface area contributed by atoms with Gasteiger partial charge >= 0.3 is 0 Å². The van der Waals surface area contributed by atoms with E-state index in [1.165, 1.54) is 35.1 Å². The average Bonchev–Trinajstić information content (AvgIpc) is 2.52. The molecule has 3 rings (SSSR count). The summed E-state index contributed by atoms with van der Waals surface area (Å²) in [6, 6.07) is 8.93. The second kappa shape index (κ2) is 5.59. The van der Waals surface area contributed by atoms with Gasteiger partial charge in [-0.1, -0.05) is 45.9 Å². The maximum absolute atomic E-state index is 4.30. The molecule has 0 saturated heterocycles. The molecule has 0 aliphatic heterocycles. The van der Waals surface area contributed by atoms with E-state index in [-0.39, 0.29) is 10.8 Å². The van der Waals surface area contributed by atoms with Crippen molar-refractivity contribution in [2.75, 3.05) is 0 Å². The number of hydrogen-bond donors (Lipinski definition) is 0. The van der Waals surface area contributed by atoms with Crippen LogP contribution in [0.15, 0.2) is 36.8 Å². The summed E-state index contributed by atoms with van der Waals surface area (Å²) in [5, 5.41) is 0. The van der Waals surface area contributed by atoms with Gasteiger partial charge in [-0.25, -0.2) is 9.97 Å². The lowest BCUT2D eigenvalue weighted by Gasteiger charge is -2.42. The third-order valence-corrected chi connectivity index (χ3v) is 5.28. The van der Waals surface area contributed by atoms with E-state index in [1.807, 2.05) is 6.07 Å². The van der Waals surface area contributed by atoms with Crippen LogP contribution in [-0.2, 0) is 10.8 Å². The van der Waals surface area contributed by atoms with Crippen LogP contribution in [0.3, 0.4) is 0 Å². The van der Waals surface area contributed by atoms with Gasteiger partial charge < -0.3 is 0 Å². The van der Waals surface area contributed by atoms with Gasteiger partial charge in [-0.2, -0.15) is 0 Å². The molecule has 0 atom stereocenters. The maximum Gasteiger partial charge on any atom is 0.115 e. The highest BCUT2D eigenvalue weighted by atomic mass is 14.8. The summed E-state index contributed by atoms with van der Waals surface area (Å²) in [4.78, 5) is 8.27. The summed E-state index contributed by atoms with van der Waals surface area (Å²) >= 11 is 0. The molecular weight excluding hydrogens is 280 g/mol. The highest BCUT2D eigenvalue weighted by Gasteiger charge is 2.36. The third-order valence-electron chi connectivity index (χ3n) is 5.28. The Bertz CT molecular complexity index is 740. The lowest BCUT2D eigenvalue weighted by atomic mass is 9.63. The van der Waals surface area contributed by atoms with Gasteiger partial charge in [-0.15, -0.1) is 0 Å². The Morgan fingerprint density at radius 1 is 1.00 bits per heavy atom. The Balaban J connectivity index is 2.05. The fourth-order valence-electron chi connectivity index (χ4n) is 3.53. The highest BCUT2D eigenvalue weighted by molar-refractivity contribution is 5.79. The summed E-state index contributed by atoms with van der Waals surface area (Å²) in [5.74, 6) is 0. The molecule has 0 fully saturated rings. The average molecular weight is 306 g/mol. The molecule has 0 unspecified atom stereocenters. The molecule has 1 aromatic carbocycles. The molecule has 0 bridgehead atoms. The van der Waals surface area contributed by atoms with E-state index in [4.69, 9.17) is 0 Å². The second-order valence-corrected chi connectivity index (χ2v) is 7.99. The van der Waals surface area contributed by atoms with E-state index in [2.05, 4.69) is 68.9 Å². The molecule has 1 heterocycles. The Labute approximate surface area is 139 Å². The monoisotopic (exact) mass is 306 g/mol. The van der Waals surface area contributed by atoms with Gasteiger partial charge in [0.05, 0.1) is 5.69 Å². The summed E-state index contributed by atoms with van der Waals surface area (Å²) in [6.07, 6.45) is 8.00. The second-order valence-electron chi connectivity index (χ2n) is 7.99. The summed E-state index contributed by atoms with van der Waals surface area (Å²) in [6.45, 7) is 11.6. The van der Waals surface area contributed by atoms with Crippen LogP contribution in [-0.4, -0.2) is 9.97 Å². The third kappa shape index (κ3) is 3.08. The summed E-state index contributed by atoms with van der Waals surface area (Å²) in [5.41, 5.74) is 7.01. The van der Waals surface area contributed by atoms with Crippen molar-refractivity contribution in [1.82, 2.24) is 9.97 Å². The molecule has 23 heavy (non-hydrogen) atoms. The predicted molar refractivity (Wildman–Crippen MR) is 97.3 cm³/mol. The molecule has 0 spiro atoms. The summed E-state index contributed by atoms with van der Waals surface area (Å²) < 4.78 is 0. The van der Waals surface area contributed by atoms with E-state index in [9.17, 15) is 0 Å².